The van der Waals surface area contributed by atoms with Crippen molar-refractivity contribution in [2.75, 3.05) is 11.8 Å². The number of pyridine rings is 1. The third-order valence-electron chi connectivity index (χ3n) is 2.72. The minimum Gasteiger partial charge on any atom is -0.495 e. The molecule has 0 atom stereocenters. The Labute approximate surface area is 122 Å². The number of sulfonamides is 1. The first kappa shape index (κ1) is 15.3. The zero-order valence-electron chi connectivity index (χ0n) is 11.1. The Kier molecular flexibility index (Phi) is 4.46. The second-order valence-corrected chi connectivity index (χ2v) is 5.78. The summed E-state index contributed by atoms with van der Waals surface area (Å²) in [5.41, 5.74) is 0.544. The highest BCUT2D eigenvalue weighted by atomic mass is 32.2. The highest BCUT2D eigenvalue weighted by molar-refractivity contribution is 7.92. The lowest BCUT2D eigenvalue weighted by Crippen LogP contribution is -2.29. The number of nitrogens with zero attached hydrogens (tertiary/aromatic N) is 1. The molecule has 2 aromatic rings. The molecule has 0 radical (unpaired) electrons. The summed E-state index contributed by atoms with van der Waals surface area (Å²) in [6.45, 7) is 0. The van der Waals surface area contributed by atoms with Crippen LogP contribution in [0, 0.1) is 0 Å². The van der Waals surface area contributed by atoms with E-state index < -0.39 is 17.1 Å². The normalized spacial score (nSPS) is 11.0. The van der Waals surface area contributed by atoms with Gasteiger partial charge in [-0.2, -0.15) is 0 Å². The predicted octanol–water partition coefficient (Wildman–Crippen LogP) is -0.429. The summed E-state index contributed by atoms with van der Waals surface area (Å²) in [5, 5.41) is 18.0. The Morgan fingerprint density at radius 1 is 1.19 bits per heavy atom. The van der Waals surface area contributed by atoms with Crippen LogP contribution < -0.4 is 14.9 Å². The molecule has 3 N–H and O–H groups in total. The fourth-order valence-corrected chi connectivity index (χ4v) is 2.84. The second-order valence-electron chi connectivity index (χ2n) is 4.13. The average Bonchev–Trinajstić information content (AvgIpc) is 2.47. The van der Waals surface area contributed by atoms with Crippen LogP contribution in [0.3, 0.4) is 0 Å². The third kappa shape index (κ3) is 3.51. The van der Waals surface area contributed by atoms with Crippen LogP contribution in [0.25, 0.3) is 0 Å². The van der Waals surface area contributed by atoms with Crippen molar-refractivity contribution < 1.29 is 23.2 Å². The van der Waals surface area contributed by atoms with Crippen LogP contribution in [0.1, 0.15) is 0 Å². The van der Waals surface area contributed by atoms with Crippen molar-refractivity contribution in [1.29, 1.82) is 0 Å². The topological polar surface area (TPSA) is 109 Å². The van der Waals surface area contributed by atoms with Gasteiger partial charge in [0.25, 0.3) is 10.0 Å². The summed E-state index contributed by atoms with van der Waals surface area (Å²) < 4.78 is 31.9. The number of hydrogen-bond acceptors (Lipinski definition) is 6. The Morgan fingerprint density at radius 3 is 2.43 bits per heavy atom. The molecule has 7 nitrogen and oxygen atoms in total. The molecule has 0 saturated heterocycles. The van der Waals surface area contributed by atoms with E-state index in [4.69, 9.17) is 14.8 Å². The molecule has 0 saturated carbocycles. The first-order chi connectivity index (χ1) is 9.94. The lowest BCUT2D eigenvalue weighted by Gasteiger charge is -2.11. The second kappa shape index (κ2) is 6.12. The van der Waals surface area contributed by atoms with E-state index in [0.29, 0.717) is 0 Å². The van der Waals surface area contributed by atoms with E-state index in [1.807, 2.05) is 0 Å². The number of anilines is 1. The number of rotatable bonds is 5. The van der Waals surface area contributed by atoms with Crippen molar-refractivity contribution in [3.63, 3.8) is 0 Å². The number of methoxy groups -OCH3 is 1. The molecule has 0 amide bonds. The largest absolute Gasteiger partial charge is 0.495 e. The van der Waals surface area contributed by atoms with Gasteiger partial charge in [-0.15, -0.1) is 0 Å². The van der Waals surface area contributed by atoms with Gasteiger partial charge in [0.05, 0.1) is 13.3 Å². The van der Waals surface area contributed by atoms with Crippen molar-refractivity contribution >= 4 is 28.3 Å². The molecule has 0 bridgehead atoms. The highest BCUT2D eigenvalue weighted by Crippen LogP contribution is 2.23. The Morgan fingerprint density at radius 2 is 1.86 bits per heavy atom. The summed E-state index contributed by atoms with van der Waals surface area (Å²) in [5.74, 6) is 0.180. The van der Waals surface area contributed by atoms with E-state index in [2.05, 4.69) is 9.71 Å². The zero-order valence-corrected chi connectivity index (χ0v) is 11.9. The molecule has 1 aromatic heterocycles. The van der Waals surface area contributed by atoms with Gasteiger partial charge >= 0.3 is 7.12 Å². The van der Waals surface area contributed by atoms with Crippen molar-refractivity contribution in [3.8, 4) is 5.75 Å². The molecule has 0 aliphatic carbocycles. The molecular weight excluding hydrogens is 295 g/mol. The lowest BCUT2D eigenvalue weighted by atomic mass is 9.80. The fraction of sp³-hybridized carbons (Fsp3) is 0.0833. The molecule has 0 aliphatic rings. The maximum atomic E-state index is 12.3. The van der Waals surface area contributed by atoms with Gasteiger partial charge in [0, 0.05) is 11.9 Å². The summed E-state index contributed by atoms with van der Waals surface area (Å²) in [4.78, 5) is 3.69. The number of hydrogen-bond donors (Lipinski definition) is 3. The fourth-order valence-electron chi connectivity index (χ4n) is 1.67. The molecule has 0 aliphatic heterocycles. The monoisotopic (exact) mass is 308 g/mol. The molecular formula is C12H13BN2O5S. The highest BCUT2D eigenvalue weighted by Gasteiger charge is 2.20. The van der Waals surface area contributed by atoms with Gasteiger partial charge in [0.2, 0.25) is 0 Å². The van der Waals surface area contributed by atoms with Gasteiger partial charge in [0.15, 0.2) is 0 Å². The summed E-state index contributed by atoms with van der Waals surface area (Å²) in [6, 6.07) is 7.11. The SMILES string of the molecule is COc1ccncc1S(=O)(=O)Nc1ccc(B(O)O)cc1. The van der Waals surface area contributed by atoms with E-state index >= 15 is 0 Å². The van der Waals surface area contributed by atoms with Gasteiger partial charge in [0.1, 0.15) is 10.6 Å². The van der Waals surface area contributed by atoms with Crippen LogP contribution in [-0.4, -0.2) is 37.7 Å². The van der Waals surface area contributed by atoms with Gasteiger partial charge in [-0.25, -0.2) is 8.42 Å². The van der Waals surface area contributed by atoms with E-state index in [1.54, 1.807) is 0 Å². The molecule has 0 spiro atoms. The number of aromatic nitrogens is 1. The summed E-state index contributed by atoms with van der Waals surface area (Å²) >= 11 is 0. The smallest absolute Gasteiger partial charge is 0.488 e. The maximum Gasteiger partial charge on any atom is 0.488 e. The maximum absolute atomic E-state index is 12.3. The van der Waals surface area contributed by atoms with Crippen LogP contribution in [0.2, 0.25) is 0 Å². The molecule has 110 valence electrons. The van der Waals surface area contributed by atoms with Crippen LogP contribution in [0.5, 0.6) is 5.75 Å². The Bertz CT molecular complexity index is 719. The van der Waals surface area contributed by atoms with Gasteiger partial charge in [-0.1, -0.05) is 12.1 Å². The first-order valence-corrected chi connectivity index (χ1v) is 7.39. The van der Waals surface area contributed by atoms with Crippen LogP contribution in [-0.2, 0) is 10.0 Å². The predicted molar refractivity (Wildman–Crippen MR) is 77.9 cm³/mol. The molecule has 21 heavy (non-hydrogen) atoms. The quantitative estimate of drug-likeness (QED) is 0.647. The number of ether oxygens (including phenoxy) is 1. The number of benzene rings is 1. The first-order valence-electron chi connectivity index (χ1n) is 5.91. The summed E-state index contributed by atoms with van der Waals surface area (Å²) in [6.07, 6.45) is 2.61. The Hall–Kier alpha value is -2.10. The molecule has 0 unspecified atom stereocenters. The van der Waals surface area contributed by atoms with Crippen LogP contribution in [0.15, 0.2) is 47.6 Å². The minimum atomic E-state index is -3.85. The van der Waals surface area contributed by atoms with Crippen molar-refractivity contribution in [2.45, 2.75) is 4.90 Å². The average molecular weight is 308 g/mol. The van der Waals surface area contributed by atoms with Crippen LogP contribution in [0.4, 0.5) is 5.69 Å². The molecule has 1 aromatic carbocycles. The van der Waals surface area contributed by atoms with E-state index in [0.717, 1.165) is 0 Å². The van der Waals surface area contributed by atoms with Gasteiger partial charge in [-0.3, -0.25) is 9.71 Å². The molecule has 2 rings (SSSR count). The van der Waals surface area contributed by atoms with Gasteiger partial charge < -0.3 is 14.8 Å². The van der Waals surface area contributed by atoms with Crippen molar-refractivity contribution in [3.05, 3.63) is 42.7 Å². The minimum absolute atomic E-state index is 0.0845. The number of nitrogens with one attached hydrogen (secondary N) is 1. The standard InChI is InChI=1S/C12H13BN2O5S/c1-20-11-6-7-14-8-12(11)21(18,19)15-10-4-2-9(3-5-10)13(16)17/h2-8,15-17H,1H3. The third-order valence-corrected chi connectivity index (χ3v) is 4.11. The Balaban J connectivity index is 2.29. The summed E-state index contributed by atoms with van der Waals surface area (Å²) in [7, 11) is -4.09. The van der Waals surface area contributed by atoms with Crippen molar-refractivity contribution in [1.82, 2.24) is 4.98 Å². The van der Waals surface area contributed by atoms with Crippen LogP contribution >= 0.6 is 0 Å². The lowest BCUT2D eigenvalue weighted by molar-refractivity contribution is 0.402. The van der Waals surface area contributed by atoms with E-state index in [-0.39, 0.29) is 21.8 Å². The molecule has 0 fully saturated rings. The zero-order chi connectivity index (χ0) is 15.5. The van der Waals surface area contributed by atoms with E-state index in [1.165, 1.54) is 49.8 Å². The molecule has 9 heteroatoms. The molecule has 1 heterocycles. The van der Waals surface area contributed by atoms with E-state index in [9.17, 15) is 8.42 Å². The van der Waals surface area contributed by atoms with Crippen molar-refractivity contribution in [2.24, 2.45) is 0 Å². The van der Waals surface area contributed by atoms with Gasteiger partial charge in [-0.05, 0) is 23.7 Å².